The van der Waals surface area contributed by atoms with Crippen LogP contribution < -0.4 is 0 Å². The van der Waals surface area contributed by atoms with Gasteiger partial charge < -0.3 is 4.57 Å². The molecule has 0 radical (unpaired) electrons. The summed E-state index contributed by atoms with van der Waals surface area (Å²) < 4.78 is 2.25. The molecule has 0 spiro atoms. The van der Waals surface area contributed by atoms with Crippen LogP contribution in [0.25, 0.3) is 11.2 Å². The van der Waals surface area contributed by atoms with Gasteiger partial charge in [-0.2, -0.15) is 0 Å². The lowest BCUT2D eigenvalue weighted by molar-refractivity contribution is 0.100. The lowest BCUT2D eigenvalue weighted by Crippen LogP contribution is -2.34. The van der Waals surface area contributed by atoms with E-state index < -0.39 is 0 Å². The fourth-order valence-electron chi connectivity index (χ4n) is 3.07. The van der Waals surface area contributed by atoms with Crippen molar-refractivity contribution in [3.8, 4) is 0 Å². The number of imidazole rings is 1. The van der Waals surface area contributed by atoms with Gasteiger partial charge >= 0.3 is 0 Å². The van der Waals surface area contributed by atoms with Crippen molar-refractivity contribution in [2.24, 2.45) is 5.41 Å². The Labute approximate surface area is 119 Å². The molecule has 1 fully saturated rings. The van der Waals surface area contributed by atoms with Crippen LogP contribution in [0.3, 0.4) is 0 Å². The van der Waals surface area contributed by atoms with Crippen LogP contribution in [0.5, 0.6) is 0 Å². The van der Waals surface area contributed by atoms with Crippen molar-refractivity contribution in [1.82, 2.24) is 14.5 Å². The summed E-state index contributed by atoms with van der Waals surface area (Å²) in [4.78, 5) is 9.16. The molecule has 0 aliphatic heterocycles. The molecule has 19 heavy (non-hydrogen) atoms. The van der Waals surface area contributed by atoms with Crippen molar-refractivity contribution in [3.63, 3.8) is 0 Å². The summed E-state index contributed by atoms with van der Waals surface area (Å²) in [6.45, 7) is 5.28. The molecular weight excluding hydrogens is 258 g/mol. The van der Waals surface area contributed by atoms with Gasteiger partial charge in [-0.05, 0) is 43.7 Å². The Balaban J connectivity index is 2.07. The van der Waals surface area contributed by atoms with E-state index in [0.717, 1.165) is 23.5 Å². The van der Waals surface area contributed by atoms with Gasteiger partial charge in [0.25, 0.3) is 0 Å². The summed E-state index contributed by atoms with van der Waals surface area (Å²) in [6, 6.07) is 3.95. The van der Waals surface area contributed by atoms with Gasteiger partial charge in [-0.3, -0.25) is 0 Å². The van der Waals surface area contributed by atoms with Crippen molar-refractivity contribution < 1.29 is 0 Å². The predicted octanol–water partition coefficient (Wildman–Crippen LogP) is 4.31. The van der Waals surface area contributed by atoms with Crippen LogP contribution in [0, 0.1) is 5.41 Å². The van der Waals surface area contributed by atoms with E-state index in [0.29, 0.717) is 5.41 Å². The summed E-state index contributed by atoms with van der Waals surface area (Å²) >= 11 is 6.30. The van der Waals surface area contributed by atoms with E-state index in [1.54, 1.807) is 0 Å². The fraction of sp³-hybridized carbons (Fsp3) is 0.600. The maximum atomic E-state index is 6.30. The first-order valence-electron chi connectivity index (χ1n) is 7.10. The van der Waals surface area contributed by atoms with Gasteiger partial charge in [-0.15, -0.1) is 11.6 Å². The molecule has 1 saturated carbocycles. The summed E-state index contributed by atoms with van der Waals surface area (Å²) in [6.07, 6.45) is 7.02. The molecule has 4 heteroatoms. The largest absolute Gasteiger partial charge is 0.311 e. The lowest BCUT2D eigenvalue weighted by atomic mass is 9.67. The zero-order valence-electron chi connectivity index (χ0n) is 11.6. The molecule has 102 valence electrons. The fourth-order valence-corrected chi connectivity index (χ4v) is 3.24. The quantitative estimate of drug-likeness (QED) is 0.780. The average Bonchev–Trinajstić information content (AvgIpc) is 2.73. The SMILES string of the molecule is CCC1(Cn2c(C(C)Cl)nc3cccnc32)CCC1. The van der Waals surface area contributed by atoms with E-state index >= 15 is 0 Å². The zero-order valence-corrected chi connectivity index (χ0v) is 12.3. The van der Waals surface area contributed by atoms with E-state index in [4.69, 9.17) is 11.6 Å². The van der Waals surface area contributed by atoms with Crippen molar-refractivity contribution in [2.45, 2.75) is 51.5 Å². The molecule has 2 aromatic heterocycles. The van der Waals surface area contributed by atoms with Crippen LogP contribution in [-0.4, -0.2) is 14.5 Å². The molecule has 0 aromatic carbocycles. The van der Waals surface area contributed by atoms with E-state index in [2.05, 4.69) is 21.5 Å². The highest BCUT2D eigenvalue weighted by atomic mass is 35.5. The van der Waals surface area contributed by atoms with E-state index in [-0.39, 0.29) is 5.38 Å². The molecule has 0 amide bonds. The number of aromatic nitrogens is 3. The molecule has 0 N–H and O–H groups in total. The standard InChI is InChI=1S/C15H20ClN3/c1-3-15(7-5-8-15)10-19-13(11(2)16)18-12-6-4-9-17-14(12)19/h4,6,9,11H,3,5,7-8,10H2,1-2H3. The van der Waals surface area contributed by atoms with Crippen molar-refractivity contribution in [1.29, 1.82) is 0 Å². The van der Waals surface area contributed by atoms with Gasteiger partial charge in [0.15, 0.2) is 5.65 Å². The Bertz CT molecular complexity index is 579. The summed E-state index contributed by atoms with van der Waals surface area (Å²) in [7, 11) is 0. The number of hydrogen-bond acceptors (Lipinski definition) is 2. The highest BCUT2D eigenvalue weighted by Crippen LogP contribution is 2.46. The van der Waals surface area contributed by atoms with Crippen LogP contribution in [0.4, 0.5) is 0 Å². The second-order valence-electron chi connectivity index (χ2n) is 5.73. The first-order valence-corrected chi connectivity index (χ1v) is 7.54. The molecule has 1 unspecified atom stereocenters. The normalized spacial score (nSPS) is 19.3. The monoisotopic (exact) mass is 277 g/mol. The van der Waals surface area contributed by atoms with E-state index in [1.165, 1.54) is 25.7 Å². The van der Waals surface area contributed by atoms with Gasteiger partial charge in [0.05, 0.1) is 5.38 Å². The van der Waals surface area contributed by atoms with Gasteiger partial charge in [0, 0.05) is 12.7 Å². The molecule has 1 aliphatic carbocycles. The second kappa shape index (κ2) is 4.78. The molecule has 3 nitrogen and oxygen atoms in total. The third-order valence-electron chi connectivity index (χ3n) is 4.55. The third kappa shape index (κ3) is 2.14. The Morgan fingerprint density at radius 2 is 2.26 bits per heavy atom. The molecule has 2 aromatic rings. The number of nitrogens with zero attached hydrogens (tertiary/aromatic N) is 3. The average molecular weight is 278 g/mol. The minimum atomic E-state index is -0.0804. The zero-order chi connectivity index (χ0) is 13.5. The number of pyridine rings is 1. The van der Waals surface area contributed by atoms with Crippen LogP contribution in [-0.2, 0) is 6.54 Å². The van der Waals surface area contributed by atoms with Gasteiger partial charge in [-0.1, -0.05) is 13.3 Å². The maximum absolute atomic E-state index is 6.30. The smallest absolute Gasteiger partial charge is 0.160 e. The highest BCUT2D eigenvalue weighted by molar-refractivity contribution is 6.20. The van der Waals surface area contributed by atoms with E-state index in [9.17, 15) is 0 Å². The molecule has 3 rings (SSSR count). The van der Waals surface area contributed by atoms with Crippen molar-refractivity contribution in [3.05, 3.63) is 24.2 Å². The minimum Gasteiger partial charge on any atom is -0.311 e. The number of rotatable bonds is 4. The van der Waals surface area contributed by atoms with Gasteiger partial charge in [-0.25, -0.2) is 9.97 Å². The Hall–Kier alpha value is -1.09. The van der Waals surface area contributed by atoms with E-state index in [1.807, 2.05) is 25.3 Å². The number of halogens is 1. The highest BCUT2D eigenvalue weighted by Gasteiger charge is 2.36. The lowest BCUT2D eigenvalue weighted by Gasteiger charge is -2.42. The Kier molecular flexibility index (Phi) is 3.25. The third-order valence-corrected chi connectivity index (χ3v) is 4.74. The molecule has 2 heterocycles. The topological polar surface area (TPSA) is 30.7 Å². The summed E-state index contributed by atoms with van der Waals surface area (Å²) in [5, 5.41) is -0.0804. The molecule has 1 aliphatic rings. The van der Waals surface area contributed by atoms with Crippen molar-refractivity contribution >= 4 is 22.8 Å². The first kappa shape index (κ1) is 12.9. The maximum Gasteiger partial charge on any atom is 0.160 e. The van der Waals surface area contributed by atoms with Crippen molar-refractivity contribution in [2.75, 3.05) is 0 Å². The molecule has 0 bridgehead atoms. The second-order valence-corrected chi connectivity index (χ2v) is 6.38. The van der Waals surface area contributed by atoms with Gasteiger partial charge in [0.1, 0.15) is 11.3 Å². The molecule has 1 atom stereocenters. The first-order chi connectivity index (χ1) is 9.15. The molecule has 0 saturated heterocycles. The van der Waals surface area contributed by atoms with Crippen LogP contribution in [0.2, 0.25) is 0 Å². The van der Waals surface area contributed by atoms with Crippen LogP contribution in [0.15, 0.2) is 18.3 Å². The predicted molar refractivity (Wildman–Crippen MR) is 78.4 cm³/mol. The summed E-state index contributed by atoms with van der Waals surface area (Å²) in [5.74, 6) is 0.954. The Morgan fingerprint density at radius 1 is 1.47 bits per heavy atom. The number of alkyl halides is 1. The molecular formula is C15H20ClN3. The number of hydrogen-bond donors (Lipinski definition) is 0. The summed E-state index contributed by atoms with van der Waals surface area (Å²) in [5.41, 5.74) is 2.37. The van der Waals surface area contributed by atoms with Crippen LogP contribution >= 0.6 is 11.6 Å². The number of fused-ring (bicyclic) bond motifs is 1. The Morgan fingerprint density at radius 3 is 2.84 bits per heavy atom. The minimum absolute atomic E-state index is 0.0804. The van der Waals surface area contributed by atoms with Gasteiger partial charge in [0.2, 0.25) is 0 Å². The van der Waals surface area contributed by atoms with Crippen LogP contribution in [0.1, 0.15) is 50.7 Å².